The summed E-state index contributed by atoms with van der Waals surface area (Å²) in [7, 11) is 1.64. The van der Waals surface area contributed by atoms with Gasteiger partial charge in [-0.1, -0.05) is 38.9 Å². The Kier molecular flexibility index (Phi) is 3.83. The van der Waals surface area contributed by atoms with Crippen molar-refractivity contribution in [3.63, 3.8) is 0 Å². The summed E-state index contributed by atoms with van der Waals surface area (Å²) in [5.74, 6) is 0.783. The van der Waals surface area contributed by atoms with Crippen molar-refractivity contribution in [3.8, 4) is 5.75 Å². The Balaban J connectivity index is 1.94. The highest BCUT2D eigenvalue weighted by Crippen LogP contribution is 2.32. The second-order valence-corrected chi connectivity index (χ2v) is 6.52. The van der Waals surface area contributed by atoms with Gasteiger partial charge in [-0.3, -0.25) is 0 Å². The smallest absolute Gasteiger partial charge is 0.188 e. The molecule has 0 aliphatic rings. The fourth-order valence-corrected chi connectivity index (χ4v) is 3.46. The molecule has 2 aromatic carbocycles. The number of fused-ring (bicyclic) bond motifs is 1. The molecule has 20 heavy (non-hydrogen) atoms. The highest BCUT2D eigenvalue weighted by atomic mass is 79.9. The van der Waals surface area contributed by atoms with Crippen molar-refractivity contribution < 1.29 is 4.74 Å². The van der Waals surface area contributed by atoms with E-state index in [2.05, 4.69) is 26.2 Å². The van der Waals surface area contributed by atoms with Crippen LogP contribution in [0, 0.1) is 0 Å². The Bertz CT molecular complexity index is 775. The molecule has 1 heterocycles. The SMILES string of the molecule is COc1cc(Br)cc(Nc2nc3ccc(Cl)cc3s2)c1. The number of benzene rings is 2. The molecular formula is C14H10BrClN2OS. The third-order valence-corrected chi connectivity index (χ3v) is 4.34. The van der Waals surface area contributed by atoms with E-state index in [0.717, 1.165) is 36.3 Å². The second-order valence-electron chi connectivity index (χ2n) is 4.14. The molecule has 3 nitrogen and oxygen atoms in total. The normalized spacial score (nSPS) is 10.8. The van der Waals surface area contributed by atoms with Crippen LogP contribution in [0.5, 0.6) is 5.75 Å². The molecule has 0 bridgehead atoms. The Hall–Kier alpha value is -1.30. The number of thiazole rings is 1. The quantitative estimate of drug-likeness (QED) is 0.665. The van der Waals surface area contributed by atoms with Gasteiger partial charge in [0, 0.05) is 21.2 Å². The third-order valence-electron chi connectivity index (χ3n) is 2.71. The van der Waals surface area contributed by atoms with E-state index in [0.29, 0.717) is 0 Å². The Morgan fingerprint density at radius 3 is 2.90 bits per heavy atom. The van der Waals surface area contributed by atoms with Crippen LogP contribution in [0.25, 0.3) is 10.2 Å². The molecule has 0 aliphatic heterocycles. The van der Waals surface area contributed by atoms with E-state index >= 15 is 0 Å². The van der Waals surface area contributed by atoms with Crippen molar-refractivity contribution in [3.05, 3.63) is 45.9 Å². The summed E-state index contributed by atoms with van der Waals surface area (Å²) < 4.78 is 7.25. The van der Waals surface area contributed by atoms with Gasteiger partial charge in [-0.05, 0) is 30.3 Å². The van der Waals surface area contributed by atoms with E-state index in [-0.39, 0.29) is 0 Å². The van der Waals surface area contributed by atoms with Crippen molar-refractivity contribution in [1.82, 2.24) is 4.98 Å². The van der Waals surface area contributed by atoms with Crippen LogP contribution in [0.15, 0.2) is 40.9 Å². The predicted molar refractivity (Wildman–Crippen MR) is 88.6 cm³/mol. The summed E-state index contributed by atoms with van der Waals surface area (Å²) in [5.41, 5.74) is 1.85. The highest BCUT2D eigenvalue weighted by molar-refractivity contribution is 9.10. The maximum absolute atomic E-state index is 5.98. The van der Waals surface area contributed by atoms with Gasteiger partial charge in [-0.2, -0.15) is 0 Å². The van der Waals surface area contributed by atoms with E-state index in [1.807, 2.05) is 36.4 Å². The van der Waals surface area contributed by atoms with Gasteiger partial charge < -0.3 is 10.1 Å². The summed E-state index contributed by atoms with van der Waals surface area (Å²) >= 11 is 11.0. The predicted octanol–water partition coefficient (Wildman–Crippen LogP) is 5.46. The molecule has 0 unspecified atom stereocenters. The Labute approximate surface area is 133 Å². The van der Waals surface area contributed by atoms with Gasteiger partial charge in [-0.15, -0.1) is 0 Å². The number of ether oxygens (including phenoxy) is 1. The van der Waals surface area contributed by atoms with Gasteiger partial charge in [0.15, 0.2) is 5.13 Å². The second kappa shape index (κ2) is 5.60. The average molecular weight is 370 g/mol. The largest absolute Gasteiger partial charge is 0.497 e. The first kappa shape index (κ1) is 13.7. The average Bonchev–Trinajstić information content (AvgIpc) is 2.79. The van der Waals surface area contributed by atoms with E-state index in [4.69, 9.17) is 16.3 Å². The van der Waals surface area contributed by atoms with E-state index < -0.39 is 0 Å². The first-order chi connectivity index (χ1) is 9.64. The maximum Gasteiger partial charge on any atom is 0.188 e. The molecule has 0 aliphatic carbocycles. The van der Waals surface area contributed by atoms with Crippen molar-refractivity contribution in [2.75, 3.05) is 12.4 Å². The number of halogens is 2. The summed E-state index contributed by atoms with van der Waals surface area (Å²) in [6, 6.07) is 11.5. The standard InChI is InChI=1S/C14H10BrClN2OS/c1-19-11-5-8(15)4-10(7-11)17-14-18-12-3-2-9(16)6-13(12)20-14/h2-7H,1H3,(H,17,18). The van der Waals surface area contributed by atoms with Crippen molar-refractivity contribution in [2.24, 2.45) is 0 Å². The van der Waals surface area contributed by atoms with Crippen LogP contribution in [0.4, 0.5) is 10.8 Å². The minimum atomic E-state index is 0.719. The molecule has 3 aromatic rings. The molecule has 3 rings (SSSR count). The lowest BCUT2D eigenvalue weighted by Gasteiger charge is -2.06. The number of anilines is 2. The van der Waals surface area contributed by atoms with Crippen LogP contribution in [0.2, 0.25) is 5.02 Å². The molecule has 102 valence electrons. The Morgan fingerprint density at radius 2 is 2.10 bits per heavy atom. The number of rotatable bonds is 3. The molecule has 0 saturated carbocycles. The molecule has 6 heteroatoms. The lowest BCUT2D eigenvalue weighted by atomic mass is 10.3. The van der Waals surface area contributed by atoms with E-state index in [1.165, 1.54) is 0 Å². The van der Waals surface area contributed by atoms with Crippen LogP contribution in [0.3, 0.4) is 0 Å². The monoisotopic (exact) mass is 368 g/mol. The van der Waals surface area contributed by atoms with Crippen LogP contribution in [0.1, 0.15) is 0 Å². The topological polar surface area (TPSA) is 34.1 Å². The molecule has 0 radical (unpaired) electrons. The van der Waals surface area contributed by atoms with Crippen LogP contribution < -0.4 is 10.1 Å². The molecule has 0 fully saturated rings. The summed E-state index contributed by atoms with van der Waals surface area (Å²) in [5, 5.41) is 4.82. The van der Waals surface area contributed by atoms with Gasteiger partial charge in [0.05, 0.1) is 17.3 Å². The molecule has 0 saturated heterocycles. The number of hydrogen-bond donors (Lipinski definition) is 1. The molecule has 0 amide bonds. The van der Waals surface area contributed by atoms with Crippen molar-refractivity contribution in [1.29, 1.82) is 0 Å². The van der Waals surface area contributed by atoms with Crippen LogP contribution in [-0.2, 0) is 0 Å². The van der Waals surface area contributed by atoms with Crippen molar-refractivity contribution in [2.45, 2.75) is 0 Å². The first-order valence-corrected chi connectivity index (χ1v) is 7.80. The fourth-order valence-electron chi connectivity index (χ4n) is 1.83. The number of methoxy groups -OCH3 is 1. The maximum atomic E-state index is 5.98. The van der Waals surface area contributed by atoms with Crippen LogP contribution in [-0.4, -0.2) is 12.1 Å². The lowest BCUT2D eigenvalue weighted by Crippen LogP contribution is -1.91. The summed E-state index contributed by atoms with van der Waals surface area (Å²) in [6.07, 6.45) is 0. The first-order valence-electron chi connectivity index (χ1n) is 5.82. The molecular weight excluding hydrogens is 360 g/mol. The minimum absolute atomic E-state index is 0.719. The zero-order valence-electron chi connectivity index (χ0n) is 10.5. The van der Waals surface area contributed by atoms with Gasteiger partial charge in [0.2, 0.25) is 0 Å². The van der Waals surface area contributed by atoms with Gasteiger partial charge in [0.1, 0.15) is 5.75 Å². The van der Waals surface area contributed by atoms with Gasteiger partial charge in [0.25, 0.3) is 0 Å². The molecule has 0 atom stereocenters. The Morgan fingerprint density at radius 1 is 1.25 bits per heavy atom. The van der Waals surface area contributed by atoms with Crippen molar-refractivity contribution >= 4 is 59.9 Å². The van der Waals surface area contributed by atoms with E-state index in [1.54, 1.807) is 18.4 Å². The number of nitrogens with one attached hydrogen (secondary N) is 1. The van der Waals surface area contributed by atoms with Crippen LogP contribution >= 0.6 is 38.9 Å². The zero-order valence-corrected chi connectivity index (χ0v) is 13.6. The zero-order chi connectivity index (χ0) is 14.1. The number of aromatic nitrogens is 1. The minimum Gasteiger partial charge on any atom is -0.497 e. The third kappa shape index (κ3) is 2.90. The number of nitrogens with zero attached hydrogens (tertiary/aromatic N) is 1. The molecule has 0 spiro atoms. The fraction of sp³-hybridized carbons (Fsp3) is 0.0714. The molecule has 1 aromatic heterocycles. The summed E-state index contributed by atoms with van der Waals surface area (Å²) in [6.45, 7) is 0. The highest BCUT2D eigenvalue weighted by Gasteiger charge is 2.06. The molecule has 1 N–H and O–H groups in total. The lowest BCUT2D eigenvalue weighted by molar-refractivity contribution is 0.415. The summed E-state index contributed by atoms with van der Waals surface area (Å²) in [4.78, 5) is 4.53. The van der Waals surface area contributed by atoms with E-state index in [9.17, 15) is 0 Å². The van der Waals surface area contributed by atoms with Gasteiger partial charge >= 0.3 is 0 Å². The number of hydrogen-bond acceptors (Lipinski definition) is 4. The van der Waals surface area contributed by atoms with Gasteiger partial charge in [-0.25, -0.2) is 4.98 Å².